The SMILES string of the molecule is CO[C@@H]1CC(c2ncc[nH]2)N(C(=O)Cc2cc(C)on2)C1. The first kappa shape index (κ1) is 13.8. The maximum atomic E-state index is 12.5. The number of likely N-dealkylation sites (tertiary alicyclic amines) is 1. The van der Waals surface area contributed by atoms with E-state index >= 15 is 0 Å². The number of hydrogen-bond donors (Lipinski definition) is 1. The molecule has 3 heterocycles. The zero-order valence-electron chi connectivity index (χ0n) is 12.1. The maximum absolute atomic E-state index is 12.5. The van der Waals surface area contributed by atoms with E-state index in [1.165, 1.54) is 0 Å². The molecule has 1 unspecified atom stereocenters. The summed E-state index contributed by atoms with van der Waals surface area (Å²) in [4.78, 5) is 21.7. The molecule has 0 aliphatic carbocycles. The number of nitrogens with zero attached hydrogens (tertiary/aromatic N) is 3. The van der Waals surface area contributed by atoms with E-state index in [0.29, 0.717) is 18.0 Å². The number of H-pyrrole nitrogens is 1. The second kappa shape index (κ2) is 5.69. The third-order valence-electron chi connectivity index (χ3n) is 3.76. The fraction of sp³-hybridized carbons (Fsp3) is 0.500. The number of hydrogen-bond acceptors (Lipinski definition) is 5. The molecule has 2 aromatic rings. The minimum absolute atomic E-state index is 0.00394. The summed E-state index contributed by atoms with van der Waals surface area (Å²) in [5.74, 6) is 1.50. The third kappa shape index (κ3) is 2.82. The number of imidazole rings is 1. The van der Waals surface area contributed by atoms with E-state index in [1.807, 2.05) is 6.92 Å². The Morgan fingerprint density at radius 3 is 3.10 bits per heavy atom. The molecular weight excluding hydrogens is 272 g/mol. The Labute approximate surface area is 122 Å². The lowest BCUT2D eigenvalue weighted by Crippen LogP contribution is -2.33. The first-order valence-electron chi connectivity index (χ1n) is 6.91. The maximum Gasteiger partial charge on any atom is 0.229 e. The Balaban J connectivity index is 1.76. The van der Waals surface area contributed by atoms with Crippen LogP contribution >= 0.6 is 0 Å². The normalized spacial score (nSPS) is 21.9. The lowest BCUT2D eigenvalue weighted by molar-refractivity contribution is -0.132. The summed E-state index contributed by atoms with van der Waals surface area (Å²) >= 11 is 0. The van der Waals surface area contributed by atoms with Gasteiger partial charge < -0.3 is 19.1 Å². The molecule has 7 nitrogen and oxygen atoms in total. The van der Waals surface area contributed by atoms with Gasteiger partial charge in [0, 0.05) is 38.5 Å². The molecule has 1 saturated heterocycles. The van der Waals surface area contributed by atoms with Gasteiger partial charge in [-0.1, -0.05) is 5.16 Å². The number of carbonyl (C=O) groups is 1. The van der Waals surface area contributed by atoms with Crippen LogP contribution in [-0.2, 0) is 16.0 Å². The molecule has 0 aromatic carbocycles. The summed E-state index contributed by atoms with van der Waals surface area (Å²) in [5, 5.41) is 3.88. The lowest BCUT2D eigenvalue weighted by Gasteiger charge is -2.22. The van der Waals surface area contributed by atoms with Crippen LogP contribution in [0.15, 0.2) is 23.0 Å². The van der Waals surface area contributed by atoms with Crippen molar-refractivity contribution < 1.29 is 14.1 Å². The van der Waals surface area contributed by atoms with Crippen molar-refractivity contribution in [2.75, 3.05) is 13.7 Å². The summed E-state index contributed by atoms with van der Waals surface area (Å²) in [6.07, 6.45) is 4.46. The molecule has 0 bridgehead atoms. The predicted octanol–water partition coefficient (Wildman–Crippen LogP) is 1.24. The van der Waals surface area contributed by atoms with E-state index in [2.05, 4.69) is 15.1 Å². The highest BCUT2D eigenvalue weighted by atomic mass is 16.5. The van der Waals surface area contributed by atoms with Crippen molar-refractivity contribution in [2.45, 2.75) is 31.9 Å². The van der Waals surface area contributed by atoms with E-state index in [9.17, 15) is 4.79 Å². The summed E-state index contributed by atoms with van der Waals surface area (Å²) in [5.41, 5.74) is 0.650. The zero-order chi connectivity index (χ0) is 14.8. The Kier molecular flexibility index (Phi) is 3.74. The molecule has 1 fully saturated rings. The second-order valence-electron chi connectivity index (χ2n) is 5.24. The molecule has 21 heavy (non-hydrogen) atoms. The van der Waals surface area contributed by atoms with E-state index in [1.54, 1.807) is 30.5 Å². The van der Waals surface area contributed by atoms with Gasteiger partial charge in [-0.05, 0) is 6.92 Å². The van der Waals surface area contributed by atoms with Crippen LogP contribution < -0.4 is 0 Å². The minimum atomic E-state index is -0.0783. The van der Waals surface area contributed by atoms with Crippen molar-refractivity contribution in [3.05, 3.63) is 35.7 Å². The van der Waals surface area contributed by atoms with Gasteiger partial charge in [-0.15, -0.1) is 0 Å². The smallest absolute Gasteiger partial charge is 0.229 e. The highest BCUT2D eigenvalue weighted by molar-refractivity contribution is 5.79. The van der Waals surface area contributed by atoms with Crippen LogP contribution in [0.5, 0.6) is 0 Å². The topological polar surface area (TPSA) is 84.2 Å². The average Bonchev–Trinajstić information content (AvgIpc) is 3.17. The number of methoxy groups -OCH3 is 1. The number of nitrogens with one attached hydrogen (secondary N) is 1. The van der Waals surface area contributed by atoms with E-state index in [4.69, 9.17) is 9.26 Å². The van der Waals surface area contributed by atoms with Gasteiger partial charge in [-0.3, -0.25) is 4.79 Å². The van der Waals surface area contributed by atoms with Gasteiger partial charge in [0.15, 0.2) is 0 Å². The minimum Gasteiger partial charge on any atom is -0.380 e. The Morgan fingerprint density at radius 2 is 2.48 bits per heavy atom. The average molecular weight is 290 g/mol. The van der Waals surface area contributed by atoms with Gasteiger partial charge in [-0.2, -0.15) is 0 Å². The number of ether oxygens (including phenoxy) is 1. The van der Waals surface area contributed by atoms with Gasteiger partial charge in [0.05, 0.1) is 24.3 Å². The molecule has 7 heteroatoms. The number of amides is 1. The molecule has 2 aromatic heterocycles. The quantitative estimate of drug-likeness (QED) is 0.915. The van der Waals surface area contributed by atoms with E-state index in [-0.39, 0.29) is 24.5 Å². The first-order chi connectivity index (χ1) is 10.2. The van der Waals surface area contributed by atoms with Crippen LogP contribution in [0, 0.1) is 6.92 Å². The van der Waals surface area contributed by atoms with Gasteiger partial charge in [0.1, 0.15) is 11.6 Å². The fourth-order valence-electron chi connectivity index (χ4n) is 2.72. The molecule has 2 atom stereocenters. The second-order valence-corrected chi connectivity index (χ2v) is 5.24. The number of aryl methyl sites for hydroxylation is 1. The lowest BCUT2D eigenvalue weighted by atomic mass is 10.2. The van der Waals surface area contributed by atoms with Crippen LogP contribution in [0.2, 0.25) is 0 Å². The highest BCUT2D eigenvalue weighted by Gasteiger charge is 2.37. The van der Waals surface area contributed by atoms with Gasteiger partial charge in [0.25, 0.3) is 0 Å². The molecule has 3 rings (SSSR count). The van der Waals surface area contributed by atoms with Crippen LogP contribution in [0.3, 0.4) is 0 Å². The number of aromatic nitrogens is 3. The molecule has 0 radical (unpaired) electrons. The van der Waals surface area contributed by atoms with Crippen LogP contribution in [0.25, 0.3) is 0 Å². The summed E-state index contributed by atoms with van der Waals surface area (Å²) in [6.45, 7) is 2.38. The molecule has 1 N–H and O–H groups in total. The monoisotopic (exact) mass is 290 g/mol. The van der Waals surface area contributed by atoms with Crippen molar-refractivity contribution in [3.8, 4) is 0 Å². The highest BCUT2D eigenvalue weighted by Crippen LogP contribution is 2.31. The van der Waals surface area contributed by atoms with Crippen LogP contribution in [0.1, 0.15) is 29.7 Å². The standard InChI is InChI=1S/C14H18N4O3/c1-9-5-10(17-21-9)6-13(19)18-8-11(20-2)7-12(18)14-15-3-4-16-14/h3-5,11-12H,6-8H2,1-2H3,(H,15,16)/t11-,12?/m1/s1. The third-order valence-corrected chi connectivity index (χ3v) is 3.76. The van der Waals surface area contributed by atoms with Crippen molar-refractivity contribution in [1.29, 1.82) is 0 Å². The molecular formula is C14H18N4O3. The van der Waals surface area contributed by atoms with E-state index in [0.717, 1.165) is 12.2 Å². The van der Waals surface area contributed by atoms with E-state index < -0.39 is 0 Å². The van der Waals surface area contributed by atoms with Gasteiger partial charge >= 0.3 is 0 Å². The fourth-order valence-corrected chi connectivity index (χ4v) is 2.72. The Hall–Kier alpha value is -2.15. The number of aromatic amines is 1. The molecule has 1 aliphatic heterocycles. The number of carbonyl (C=O) groups excluding carboxylic acids is 1. The predicted molar refractivity (Wildman–Crippen MR) is 73.4 cm³/mol. The first-order valence-corrected chi connectivity index (χ1v) is 6.91. The zero-order valence-corrected chi connectivity index (χ0v) is 12.1. The number of rotatable bonds is 4. The van der Waals surface area contributed by atoms with Crippen molar-refractivity contribution >= 4 is 5.91 Å². The summed E-state index contributed by atoms with van der Waals surface area (Å²) in [7, 11) is 1.67. The van der Waals surface area contributed by atoms with Gasteiger partial charge in [0.2, 0.25) is 5.91 Å². The van der Waals surface area contributed by atoms with Crippen LogP contribution in [-0.4, -0.2) is 45.7 Å². The van der Waals surface area contributed by atoms with Crippen molar-refractivity contribution in [1.82, 2.24) is 20.0 Å². The van der Waals surface area contributed by atoms with Gasteiger partial charge in [-0.25, -0.2) is 4.98 Å². The summed E-state index contributed by atoms with van der Waals surface area (Å²) in [6, 6.07) is 1.70. The summed E-state index contributed by atoms with van der Waals surface area (Å²) < 4.78 is 10.4. The molecule has 0 spiro atoms. The van der Waals surface area contributed by atoms with Crippen molar-refractivity contribution in [3.63, 3.8) is 0 Å². The van der Waals surface area contributed by atoms with Crippen molar-refractivity contribution in [2.24, 2.45) is 0 Å². The Morgan fingerprint density at radius 1 is 1.62 bits per heavy atom. The van der Waals surface area contributed by atoms with Crippen LogP contribution in [0.4, 0.5) is 0 Å². The Bertz CT molecular complexity index is 608. The molecule has 0 saturated carbocycles. The molecule has 1 aliphatic rings. The molecule has 112 valence electrons. The molecule has 1 amide bonds. The largest absolute Gasteiger partial charge is 0.380 e.